The lowest BCUT2D eigenvalue weighted by Gasteiger charge is -2.13. The fourth-order valence-corrected chi connectivity index (χ4v) is 1.01. The predicted molar refractivity (Wildman–Crippen MR) is 59.9 cm³/mol. The normalized spacial score (nSPS) is 13.6. The van der Waals surface area contributed by atoms with Crippen molar-refractivity contribution in [2.75, 3.05) is 6.61 Å². The maximum atomic E-state index is 11.3. The highest BCUT2D eigenvalue weighted by Crippen LogP contribution is 2.04. The molecule has 0 aromatic carbocycles. The van der Waals surface area contributed by atoms with Gasteiger partial charge in [0, 0.05) is 6.92 Å². The van der Waals surface area contributed by atoms with Crippen LogP contribution in [0.5, 0.6) is 0 Å². The molecule has 0 aliphatic rings. The van der Waals surface area contributed by atoms with E-state index in [2.05, 4.69) is 0 Å². The Labute approximate surface area is 100 Å². The zero-order chi connectivity index (χ0) is 13.4. The Bertz CT molecular complexity index is 290. The molecule has 0 fully saturated rings. The quantitative estimate of drug-likeness (QED) is 0.642. The Balaban J connectivity index is 3.87. The number of amides is 2. The molecule has 2 atom stereocenters. The van der Waals surface area contributed by atoms with Gasteiger partial charge in [0.15, 0.2) is 0 Å². The second kappa shape index (κ2) is 7.78. The van der Waals surface area contributed by atoms with E-state index in [4.69, 9.17) is 4.74 Å². The van der Waals surface area contributed by atoms with E-state index in [9.17, 15) is 19.5 Å². The Kier molecular flexibility index (Phi) is 7.13. The monoisotopic (exact) mass is 245 g/mol. The number of esters is 1. The molecule has 0 aromatic rings. The molecular weight excluding hydrogens is 226 g/mol. The first-order valence-electron chi connectivity index (χ1n) is 5.51. The first-order chi connectivity index (χ1) is 7.86. The van der Waals surface area contributed by atoms with Crippen molar-refractivity contribution in [3.63, 3.8) is 0 Å². The van der Waals surface area contributed by atoms with Gasteiger partial charge < -0.3 is 9.84 Å². The number of aliphatic hydroxyl groups excluding tert-OH is 1. The third kappa shape index (κ3) is 7.46. The Hall–Kier alpha value is -1.43. The first kappa shape index (κ1) is 15.6. The maximum Gasteiger partial charge on any atom is 0.308 e. The summed E-state index contributed by atoms with van der Waals surface area (Å²) in [6.45, 7) is 4.53. The molecule has 17 heavy (non-hydrogen) atoms. The molecule has 0 radical (unpaired) electrons. The standard InChI is InChI=1S/C11H19NO5/c1-4-7(2)11(16)17-6-9(14)5-10(15)12-8(3)13/h7,9,14H,4-6H2,1-3H3,(H,12,13,15). The van der Waals surface area contributed by atoms with Crippen molar-refractivity contribution in [3.05, 3.63) is 0 Å². The van der Waals surface area contributed by atoms with Crippen molar-refractivity contribution in [2.45, 2.75) is 39.7 Å². The molecule has 0 saturated carbocycles. The molecular formula is C11H19NO5. The smallest absolute Gasteiger partial charge is 0.308 e. The molecule has 2 unspecified atom stereocenters. The molecule has 2 N–H and O–H groups in total. The number of carbonyl (C=O) groups is 3. The number of ether oxygens (including phenoxy) is 1. The Morgan fingerprint density at radius 1 is 1.35 bits per heavy atom. The van der Waals surface area contributed by atoms with Crippen LogP contribution in [0, 0.1) is 5.92 Å². The highest BCUT2D eigenvalue weighted by atomic mass is 16.5. The van der Waals surface area contributed by atoms with E-state index in [0.29, 0.717) is 6.42 Å². The van der Waals surface area contributed by atoms with Gasteiger partial charge in [-0.05, 0) is 6.42 Å². The minimum atomic E-state index is -1.10. The van der Waals surface area contributed by atoms with Gasteiger partial charge in [0.2, 0.25) is 11.8 Å². The summed E-state index contributed by atoms with van der Waals surface area (Å²) in [6.07, 6.45) is -0.713. The lowest BCUT2D eigenvalue weighted by atomic mass is 10.1. The van der Waals surface area contributed by atoms with E-state index in [1.54, 1.807) is 6.92 Å². The summed E-state index contributed by atoms with van der Waals surface area (Å²) in [5, 5.41) is 11.4. The van der Waals surface area contributed by atoms with Crippen LogP contribution in [0.15, 0.2) is 0 Å². The first-order valence-corrected chi connectivity index (χ1v) is 5.51. The largest absolute Gasteiger partial charge is 0.463 e. The molecule has 0 spiro atoms. The minimum absolute atomic E-state index is 0.228. The predicted octanol–water partition coefficient (Wildman–Crippen LogP) is -0.0106. The average molecular weight is 245 g/mol. The fourth-order valence-electron chi connectivity index (χ4n) is 1.01. The van der Waals surface area contributed by atoms with Crippen LogP contribution in [-0.2, 0) is 19.1 Å². The molecule has 0 saturated heterocycles. The third-order valence-corrected chi connectivity index (χ3v) is 2.17. The molecule has 6 nitrogen and oxygen atoms in total. The molecule has 98 valence electrons. The van der Waals surface area contributed by atoms with E-state index in [1.165, 1.54) is 6.92 Å². The van der Waals surface area contributed by atoms with E-state index in [1.807, 2.05) is 12.2 Å². The van der Waals surface area contributed by atoms with Gasteiger partial charge in [-0.3, -0.25) is 19.7 Å². The van der Waals surface area contributed by atoms with E-state index >= 15 is 0 Å². The van der Waals surface area contributed by atoms with Crippen LogP contribution in [0.3, 0.4) is 0 Å². The Morgan fingerprint density at radius 3 is 2.41 bits per heavy atom. The van der Waals surface area contributed by atoms with Gasteiger partial charge in [-0.25, -0.2) is 0 Å². The van der Waals surface area contributed by atoms with E-state index in [-0.39, 0.29) is 18.9 Å². The lowest BCUT2D eigenvalue weighted by molar-refractivity contribution is -0.152. The van der Waals surface area contributed by atoms with Gasteiger partial charge in [0.05, 0.1) is 18.4 Å². The SMILES string of the molecule is CCC(C)C(=O)OCC(O)CC(=O)NC(C)=O. The van der Waals surface area contributed by atoms with Crippen LogP contribution >= 0.6 is 0 Å². The van der Waals surface area contributed by atoms with Crippen LogP contribution < -0.4 is 5.32 Å². The van der Waals surface area contributed by atoms with Gasteiger partial charge in [-0.2, -0.15) is 0 Å². The summed E-state index contributed by atoms with van der Waals surface area (Å²) in [6, 6.07) is 0. The topological polar surface area (TPSA) is 92.7 Å². The molecule has 0 aliphatic carbocycles. The summed E-state index contributed by atoms with van der Waals surface area (Å²) in [4.78, 5) is 32.9. The van der Waals surface area contributed by atoms with Crippen molar-refractivity contribution in [1.29, 1.82) is 0 Å². The molecule has 0 rings (SSSR count). The number of hydrogen-bond acceptors (Lipinski definition) is 5. The van der Waals surface area contributed by atoms with Gasteiger partial charge in [0.1, 0.15) is 6.61 Å². The number of nitrogens with one attached hydrogen (secondary N) is 1. The molecule has 0 aromatic heterocycles. The average Bonchev–Trinajstić information content (AvgIpc) is 2.23. The van der Waals surface area contributed by atoms with Crippen molar-refractivity contribution in [3.8, 4) is 0 Å². The van der Waals surface area contributed by atoms with Crippen LogP contribution in [0.4, 0.5) is 0 Å². The second-order valence-electron chi connectivity index (χ2n) is 3.90. The van der Waals surface area contributed by atoms with Gasteiger partial charge in [-0.1, -0.05) is 13.8 Å². The number of hydrogen-bond donors (Lipinski definition) is 2. The van der Waals surface area contributed by atoms with Crippen molar-refractivity contribution < 1.29 is 24.2 Å². The molecule has 6 heteroatoms. The van der Waals surface area contributed by atoms with Crippen molar-refractivity contribution in [2.24, 2.45) is 5.92 Å². The fraction of sp³-hybridized carbons (Fsp3) is 0.727. The van der Waals surface area contributed by atoms with E-state index in [0.717, 1.165) is 0 Å². The lowest BCUT2D eigenvalue weighted by Crippen LogP contribution is -2.33. The molecule has 2 amide bonds. The van der Waals surface area contributed by atoms with Crippen molar-refractivity contribution >= 4 is 17.8 Å². The molecule has 0 bridgehead atoms. The summed E-state index contributed by atoms with van der Waals surface area (Å²) < 4.78 is 4.81. The van der Waals surface area contributed by atoms with Crippen LogP contribution in [0.2, 0.25) is 0 Å². The summed E-state index contributed by atoms with van der Waals surface area (Å²) >= 11 is 0. The third-order valence-electron chi connectivity index (χ3n) is 2.17. The van der Waals surface area contributed by atoms with Crippen LogP contribution in [0.1, 0.15) is 33.6 Å². The summed E-state index contributed by atoms with van der Waals surface area (Å²) in [5.74, 6) is -1.71. The van der Waals surface area contributed by atoms with Gasteiger partial charge >= 0.3 is 5.97 Å². The number of imide groups is 1. The zero-order valence-corrected chi connectivity index (χ0v) is 10.4. The molecule has 0 aliphatic heterocycles. The number of aliphatic hydroxyl groups is 1. The van der Waals surface area contributed by atoms with Gasteiger partial charge in [-0.15, -0.1) is 0 Å². The Morgan fingerprint density at radius 2 is 1.94 bits per heavy atom. The van der Waals surface area contributed by atoms with Gasteiger partial charge in [0.25, 0.3) is 0 Å². The summed E-state index contributed by atoms with van der Waals surface area (Å²) in [5.41, 5.74) is 0. The summed E-state index contributed by atoms with van der Waals surface area (Å²) in [7, 11) is 0. The van der Waals surface area contributed by atoms with E-state index < -0.39 is 23.9 Å². The van der Waals surface area contributed by atoms with Crippen molar-refractivity contribution in [1.82, 2.24) is 5.32 Å². The minimum Gasteiger partial charge on any atom is -0.463 e. The van der Waals surface area contributed by atoms with Crippen LogP contribution in [-0.4, -0.2) is 35.6 Å². The number of carbonyl (C=O) groups excluding carboxylic acids is 3. The number of rotatable bonds is 6. The highest BCUT2D eigenvalue weighted by molar-refractivity contribution is 5.94. The molecule has 0 heterocycles. The zero-order valence-electron chi connectivity index (χ0n) is 10.4. The second-order valence-corrected chi connectivity index (χ2v) is 3.90. The van der Waals surface area contributed by atoms with Crippen LogP contribution in [0.25, 0.3) is 0 Å². The highest BCUT2D eigenvalue weighted by Gasteiger charge is 2.16. The maximum absolute atomic E-state index is 11.3.